The number of aliphatic hydroxyl groups is 3. The molecule has 0 fully saturated rings. The summed E-state index contributed by atoms with van der Waals surface area (Å²) >= 11 is 1.41. The second kappa shape index (κ2) is 10.9. The van der Waals surface area contributed by atoms with Crippen LogP contribution in [0.15, 0.2) is 47.9 Å². The topological polar surface area (TPSA) is 60.7 Å². The molecule has 1 aromatic carbocycles. The monoisotopic (exact) mass is 494 g/mol. The Hall–Kier alpha value is -2.14. The molecule has 182 valence electrons. The molecule has 0 spiro atoms. The Balaban J connectivity index is 2.15. The van der Waals surface area contributed by atoms with Crippen LogP contribution in [0.5, 0.6) is 0 Å². The van der Waals surface area contributed by atoms with Crippen molar-refractivity contribution in [2.75, 3.05) is 0 Å². The van der Waals surface area contributed by atoms with Gasteiger partial charge in [-0.1, -0.05) is 37.3 Å². The lowest BCUT2D eigenvalue weighted by atomic mass is 10.00. The van der Waals surface area contributed by atoms with E-state index in [2.05, 4.69) is 0 Å². The minimum Gasteiger partial charge on any atom is -0.392 e. The molecule has 0 aliphatic heterocycles. The molecule has 0 unspecified atom stereocenters. The molecule has 0 atom stereocenters. The fraction of sp³-hybridized carbons (Fsp3) is 0.391. The maximum Gasteiger partial charge on any atom is 0.430 e. The van der Waals surface area contributed by atoms with Gasteiger partial charge in [0.05, 0.1) is 13.2 Å². The van der Waals surface area contributed by atoms with Crippen LogP contribution < -0.4 is 0 Å². The van der Waals surface area contributed by atoms with Gasteiger partial charge in [0, 0.05) is 4.88 Å². The number of halogens is 6. The molecule has 2 aromatic rings. The molecular formula is C23H24F6O3S. The van der Waals surface area contributed by atoms with Crippen molar-refractivity contribution >= 4 is 16.9 Å². The third-order valence-electron chi connectivity index (χ3n) is 5.18. The molecule has 0 saturated carbocycles. The highest BCUT2D eigenvalue weighted by molar-refractivity contribution is 7.10. The summed E-state index contributed by atoms with van der Waals surface area (Å²) in [6.45, 7) is 1.35. The van der Waals surface area contributed by atoms with E-state index in [0.29, 0.717) is 47.6 Å². The molecule has 0 saturated heterocycles. The van der Waals surface area contributed by atoms with Gasteiger partial charge >= 0.3 is 12.4 Å². The van der Waals surface area contributed by atoms with Gasteiger partial charge in [-0.25, -0.2) is 0 Å². The Morgan fingerprint density at radius 2 is 1.58 bits per heavy atom. The minimum absolute atomic E-state index is 0.172. The number of allylic oxidation sites excluding steroid dienone is 3. The molecule has 3 N–H and O–H groups in total. The minimum atomic E-state index is -5.90. The number of benzene rings is 1. The predicted octanol–water partition coefficient (Wildman–Crippen LogP) is 5.72. The lowest BCUT2D eigenvalue weighted by molar-refractivity contribution is -0.347. The van der Waals surface area contributed by atoms with E-state index < -0.39 is 18.0 Å². The van der Waals surface area contributed by atoms with Gasteiger partial charge in [-0.3, -0.25) is 0 Å². The van der Waals surface area contributed by atoms with Gasteiger partial charge in [-0.15, -0.1) is 11.3 Å². The fourth-order valence-corrected chi connectivity index (χ4v) is 4.07. The summed E-state index contributed by atoms with van der Waals surface area (Å²) in [4.78, 5) is 0.965. The van der Waals surface area contributed by atoms with E-state index in [-0.39, 0.29) is 19.3 Å². The molecule has 0 aliphatic carbocycles. The first-order chi connectivity index (χ1) is 15.4. The summed E-state index contributed by atoms with van der Waals surface area (Å²) < 4.78 is 76.7. The van der Waals surface area contributed by atoms with Crippen LogP contribution in [0, 0.1) is 0 Å². The van der Waals surface area contributed by atoms with E-state index in [1.54, 1.807) is 18.4 Å². The molecule has 10 heteroatoms. The van der Waals surface area contributed by atoms with Gasteiger partial charge in [0.15, 0.2) is 0 Å². The zero-order chi connectivity index (χ0) is 24.9. The Morgan fingerprint density at radius 1 is 0.939 bits per heavy atom. The van der Waals surface area contributed by atoms with Crippen LogP contribution >= 0.6 is 11.3 Å². The number of aliphatic hydroxyl groups excluding tert-OH is 2. The molecule has 33 heavy (non-hydrogen) atoms. The predicted molar refractivity (Wildman–Crippen MR) is 114 cm³/mol. The van der Waals surface area contributed by atoms with Crippen LogP contribution in [0.1, 0.15) is 40.5 Å². The third-order valence-corrected chi connectivity index (χ3v) is 6.17. The summed E-state index contributed by atoms with van der Waals surface area (Å²) in [6, 6.07) is 7.23. The Labute approximate surface area is 191 Å². The fourth-order valence-electron chi connectivity index (χ4n) is 3.16. The lowest BCUT2D eigenvalue weighted by Gasteiger charge is -2.29. The van der Waals surface area contributed by atoms with Crippen molar-refractivity contribution in [2.45, 2.75) is 57.4 Å². The van der Waals surface area contributed by atoms with Crippen molar-refractivity contribution in [3.8, 4) is 0 Å². The SMILES string of the molecule is CC/C(=C/C=C/C(O)(C(F)(F)F)C(F)(F)F)c1csc(CCc2ccc(CO)c(CO)c2)c1. The molecule has 0 amide bonds. The number of hydrogen-bond donors (Lipinski definition) is 3. The summed E-state index contributed by atoms with van der Waals surface area (Å²) in [5, 5.41) is 29.6. The average Bonchev–Trinajstić information content (AvgIpc) is 3.22. The smallest absolute Gasteiger partial charge is 0.392 e. The molecule has 0 bridgehead atoms. The highest BCUT2D eigenvalue weighted by Crippen LogP contribution is 2.44. The van der Waals surface area contributed by atoms with E-state index >= 15 is 0 Å². The number of aryl methyl sites for hydroxylation is 2. The summed E-state index contributed by atoms with van der Waals surface area (Å²) in [5.74, 6) is 0. The molecule has 0 aliphatic rings. The number of hydrogen-bond acceptors (Lipinski definition) is 4. The van der Waals surface area contributed by atoms with Gasteiger partial charge < -0.3 is 15.3 Å². The van der Waals surface area contributed by atoms with Crippen molar-refractivity contribution in [3.05, 3.63) is 75.0 Å². The van der Waals surface area contributed by atoms with E-state index in [1.807, 2.05) is 18.2 Å². The Bertz CT molecular complexity index is 975. The maximum absolute atomic E-state index is 12.8. The van der Waals surface area contributed by atoms with Crippen molar-refractivity contribution in [2.24, 2.45) is 0 Å². The zero-order valence-corrected chi connectivity index (χ0v) is 18.5. The van der Waals surface area contributed by atoms with Crippen molar-refractivity contribution in [3.63, 3.8) is 0 Å². The van der Waals surface area contributed by atoms with Crippen molar-refractivity contribution in [1.29, 1.82) is 0 Å². The standard InChI is InChI=1S/C23H24F6O3S/c1-2-16(4-3-9-21(32,22(24,25)26)23(27,28)29)19-11-20(33-14-19)8-6-15-5-7-17(12-30)18(10-15)13-31/h3-5,7,9-11,14,30-32H,2,6,8,12-13H2,1H3/b9-3+,16-4-. The summed E-state index contributed by atoms with van der Waals surface area (Å²) in [7, 11) is 0. The van der Waals surface area contributed by atoms with Crippen molar-refractivity contribution < 1.29 is 41.7 Å². The largest absolute Gasteiger partial charge is 0.430 e. The van der Waals surface area contributed by atoms with E-state index in [0.717, 1.165) is 16.5 Å². The third kappa shape index (κ3) is 6.47. The number of thiophene rings is 1. The van der Waals surface area contributed by atoms with Crippen LogP contribution in [0.4, 0.5) is 26.3 Å². The lowest BCUT2D eigenvalue weighted by Crippen LogP contribution is -2.55. The van der Waals surface area contributed by atoms with Gasteiger partial charge in [-0.05, 0) is 64.6 Å². The molecule has 2 rings (SSSR count). The molecule has 1 aromatic heterocycles. The average molecular weight is 494 g/mol. The number of alkyl halides is 6. The quantitative estimate of drug-likeness (QED) is 0.309. The van der Waals surface area contributed by atoms with Gasteiger partial charge in [0.2, 0.25) is 0 Å². The normalized spacial score (nSPS) is 13.8. The molecule has 0 radical (unpaired) electrons. The second-order valence-electron chi connectivity index (χ2n) is 7.39. The first kappa shape index (κ1) is 27.1. The second-order valence-corrected chi connectivity index (χ2v) is 8.38. The van der Waals surface area contributed by atoms with Crippen LogP contribution in [0.25, 0.3) is 5.57 Å². The van der Waals surface area contributed by atoms with E-state index in [1.165, 1.54) is 11.3 Å². The Morgan fingerprint density at radius 3 is 2.12 bits per heavy atom. The van der Waals surface area contributed by atoms with Gasteiger partial charge in [0.25, 0.3) is 5.60 Å². The van der Waals surface area contributed by atoms with Crippen LogP contribution in [0.3, 0.4) is 0 Å². The van der Waals surface area contributed by atoms with E-state index in [9.17, 15) is 41.7 Å². The van der Waals surface area contributed by atoms with Gasteiger partial charge in [-0.2, -0.15) is 26.3 Å². The Kier molecular flexibility index (Phi) is 8.92. The first-order valence-corrected chi connectivity index (χ1v) is 10.9. The number of rotatable bonds is 9. The van der Waals surface area contributed by atoms with Crippen molar-refractivity contribution in [1.82, 2.24) is 0 Å². The molecule has 3 nitrogen and oxygen atoms in total. The van der Waals surface area contributed by atoms with Crippen LogP contribution in [0.2, 0.25) is 0 Å². The van der Waals surface area contributed by atoms with Crippen LogP contribution in [-0.2, 0) is 26.1 Å². The van der Waals surface area contributed by atoms with E-state index in [4.69, 9.17) is 0 Å². The van der Waals surface area contributed by atoms with Crippen LogP contribution in [-0.4, -0.2) is 33.3 Å². The maximum atomic E-state index is 12.8. The summed E-state index contributed by atoms with van der Waals surface area (Å²) in [5.41, 5.74) is -1.48. The molecule has 1 heterocycles. The highest BCUT2D eigenvalue weighted by atomic mass is 32.1. The summed E-state index contributed by atoms with van der Waals surface area (Å²) in [6.07, 6.45) is -8.72. The zero-order valence-electron chi connectivity index (χ0n) is 17.7. The first-order valence-electron chi connectivity index (χ1n) is 10.0. The van der Waals surface area contributed by atoms with Gasteiger partial charge in [0.1, 0.15) is 0 Å². The molecular weight excluding hydrogens is 470 g/mol. The highest BCUT2D eigenvalue weighted by Gasteiger charge is 2.68.